The predicted octanol–water partition coefficient (Wildman–Crippen LogP) is 4.33. The van der Waals surface area contributed by atoms with Crippen LogP contribution in [0, 0.1) is 0 Å². The molecule has 3 heterocycles. The molecule has 0 bridgehead atoms. The van der Waals surface area contributed by atoms with Crippen LogP contribution in [0.4, 0.5) is 11.4 Å². The highest BCUT2D eigenvalue weighted by Gasteiger charge is 2.41. The number of sulfonamides is 1. The van der Waals surface area contributed by atoms with Gasteiger partial charge in [-0.05, 0) is 93.3 Å². The zero-order valence-corrected chi connectivity index (χ0v) is 27.4. The molecule has 46 heavy (non-hydrogen) atoms. The summed E-state index contributed by atoms with van der Waals surface area (Å²) < 4.78 is 28.1. The van der Waals surface area contributed by atoms with Crippen molar-refractivity contribution in [2.45, 2.75) is 76.1 Å². The molecule has 2 fully saturated rings. The van der Waals surface area contributed by atoms with Crippen molar-refractivity contribution in [3.63, 3.8) is 0 Å². The van der Waals surface area contributed by atoms with Gasteiger partial charge in [-0.2, -0.15) is 4.31 Å². The van der Waals surface area contributed by atoms with E-state index < -0.39 is 22.0 Å². The van der Waals surface area contributed by atoms with Crippen molar-refractivity contribution in [1.82, 2.24) is 14.9 Å². The van der Waals surface area contributed by atoms with E-state index >= 15 is 0 Å². The van der Waals surface area contributed by atoms with E-state index in [2.05, 4.69) is 16.0 Å². The minimum atomic E-state index is -3.40. The second-order valence-electron chi connectivity index (χ2n) is 13.2. The molecule has 0 saturated carbocycles. The molecule has 6 rings (SSSR count). The molecule has 3 aromatic carbocycles. The van der Waals surface area contributed by atoms with Gasteiger partial charge in [-0.25, -0.2) is 8.42 Å². The van der Waals surface area contributed by atoms with E-state index in [4.69, 9.17) is 0 Å². The first-order chi connectivity index (χ1) is 22.0. The van der Waals surface area contributed by atoms with Gasteiger partial charge < -0.3 is 10.6 Å². The van der Waals surface area contributed by atoms with Gasteiger partial charge in [0.25, 0.3) is 5.91 Å². The molecule has 0 aromatic heterocycles. The summed E-state index contributed by atoms with van der Waals surface area (Å²) in [6, 6.07) is 16.7. The quantitative estimate of drug-likeness (QED) is 0.198. The molecule has 2 saturated heterocycles. The molecule has 3 aliphatic rings. The van der Waals surface area contributed by atoms with Crippen molar-refractivity contribution < 1.29 is 22.8 Å². The lowest BCUT2D eigenvalue weighted by molar-refractivity contribution is -0.134. The molecule has 3 N–H and O–H groups in total. The molecular weight excluding hydrogens is 602 g/mol. The molecule has 3 aromatic rings. The van der Waals surface area contributed by atoms with E-state index in [-0.39, 0.29) is 29.5 Å². The average molecular weight is 646 g/mol. The zero-order valence-electron chi connectivity index (χ0n) is 26.6. The second kappa shape index (κ2) is 13.1. The van der Waals surface area contributed by atoms with E-state index in [1.165, 1.54) is 0 Å². The third-order valence-electron chi connectivity index (χ3n) is 9.46. The van der Waals surface area contributed by atoms with E-state index in [1.807, 2.05) is 68.4 Å². The topological polar surface area (TPSA) is 128 Å². The normalized spacial score (nSPS) is 19.9. The van der Waals surface area contributed by atoms with Crippen molar-refractivity contribution in [3.05, 3.63) is 71.3 Å². The Morgan fingerprint density at radius 3 is 2.61 bits per heavy atom. The van der Waals surface area contributed by atoms with E-state index in [1.54, 1.807) is 9.21 Å². The number of anilines is 2. The molecule has 3 aliphatic heterocycles. The van der Waals surface area contributed by atoms with E-state index in [9.17, 15) is 22.8 Å². The van der Waals surface area contributed by atoms with Crippen LogP contribution in [0.2, 0.25) is 0 Å². The zero-order chi connectivity index (χ0) is 32.5. The maximum absolute atomic E-state index is 13.4. The molecule has 3 amide bonds. The van der Waals surface area contributed by atoms with Crippen LogP contribution in [-0.2, 0) is 31.8 Å². The van der Waals surface area contributed by atoms with Crippen LogP contribution >= 0.6 is 0 Å². The van der Waals surface area contributed by atoms with Crippen LogP contribution in [0.3, 0.4) is 0 Å². The monoisotopic (exact) mass is 645 g/mol. The summed E-state index contributed by atoms with van der Waals surface area (Å²) in [6.45, 7) is 6.89. The van der Waals surface area contributed by atoms with Gasteiger partial charge >= 0.3 is 0 Å². The van der Waals surface area contributed by atoms with Gasteiger partial charge in [0.2, 0.25) is 21.8 Å². The minimum Gasteiger partial charge on any atom is -0.384 e. The molecule has 0 spiro atoms. The standard InChI is InChI=1S/C35H43N5O5S/c1-35(2)17-3-4-21-39(35)46(44,45)23-24-8-5-10-26(22-24)37-20-19-36-18-7-9-25-13-14-29-32-27(25)11-6-12-28(32)34(43)40(29)30-15-16-31(41)38-33(30)42/h5-6,8,10-14,22,30,36-37H,3-4,7,9,15-21,23H2,1-2H3,(H,38,41,42). The first kappa shape index (κ1) is 32.2. The van der Waals surface area contributed by atoms with Crippen LogP contribution < -0.4 is 20.9 Å². The van der Waals surface area contributed by atoms with Crippen molar-refractivity contribution in [3.8, 4) is 0 Å². The smallest absolute Gasteiger partial charge is 0.259 e. The molecular formula is C35H43N5O5S. The number of nitrogens with one attached hydrogen (secondary N) is 3. The summed E-state index contributed by atoms with van der Waals surface area (Å²) >= 11 is 0. The number of piperidine rings is 2. The molecule has 0 aliphatic carbocycles. The summed E-state index contributed by atoms with van der Waals surface area (Å²) in [5.74, 6) is -0.915. The lowest BCUT2D eigenvalue weighted by Gasteiger charge is -2.41. The van der Waals surface area contributed by atoms with Crippen LogP contribution in [0.1, 0.15) is 73.9 Å². The van der Waals surface area contributed by atoms with Gasteiger partial charge in [0.1, 0.15) is 6.04 Å². The highest BCUT2D eigenvalue weighted by Crippen LogP contribution is 2.41. The van der Waals surface area contributed by atoms with Crippen molar-refractivity contribution >= 4 is 49.9 Å². The van der Waals surface area contributed by atoms with Gasteiger partial charge in [-0.1, -0.05) is 36.8 Å². The van der Waals surface area contributed by atoms with Crippen LogP contribution in [0.25, 0.3) is 10.8 Å². The van der Waals surface area contributed by atoms with Gasteiger partial charge in [-0.3, -0.25) is 24.6 Å². The maximum atomic E-state index is 13.4. The van der Waals surface area contributed by atoms with Crippen molar-refractivity contribution in [2.75, 3.05) is 36.4 Å². The van der Waals surface area contributed by atoms with E-state index in [0.717, 1.165) is 78.5 Å². The van der Waals surface area contributed by atoms with Crippen molar-refractivity contribution in [1.29, 1.82) is 0 Å². The Hall–Kier alpha value is -3.80. The first-order valence-corrected chi connectivity index (χ1v) is 17.9. The Morgan fingerprint density at radius 1 is 0.978 bits per heavy atom. The Kier molecular flexibility index (Phi) is 9.18. The van der Waals surface area contributed by atoms with Crippen molar-refractivity contribution in [2.24, 2.45) is 0 Å². The summed E-state index contributed by atoms with van der Waals surface area (Å²) in [5, 5.41) is 11.2. The summed E-state index contributed by atoms with van der Waals surface area (Å²) in [7, 11) is -3.40. The van der Waals surface area contributed by atoms with Gasteiger partial charge in [0.15, 0.2) is 0 Å². The number of benzene rings is 3. The van der Waals surface area contributed by atoms with Gasteiger partial charge in [0.05, 0.1) is 11.4 Å². The Labute approximate surface area is 271 Å². The number of hydrogen-bond donors (Lipinski definition) is 3. The third kappa shape index (κ3) is 6.54. The Bertz CT molecular complexity index is 1770. The molecule has 1 unspecified atom stereocenters. The van der Waals surface area contributed by atoms with Crippen LogP contribution in [0.15, 0.2) is 54.6 Å². The lowest BCUT2D eigenvalue weighted by atomic mass is 9.93. The van der Waals surface area contributed by atoms with Crippen LogP contribution in [0.5, 0.6) is 0 Å². The molecule has 11 heteroatoms. The summed E-state index contributed by atoms with van der Waals surface area (Å²) in [4.78, 5) is 39.2. The third-order valence-corrected chi connectivity index (χ3v) is 11.5. The molecule has 244 valence electrons. The van der Waals surface area contributed by atoms with Gasteiger partial charge in [0, 0.05) is 48.2 Å². The summed E-state index contributed by atoms with van der Waals surface area (Å²) in [6.07, 6.45) is 5.13. The predicted molar refractivity (Wildman–Crippen MR) is 180 cm³/mol. The van der Waals surface area contributed by atoms with Crippen LogP contribution in [-0.4, -0.2) is 68.2 Å². The maximum Gasteiger partial charge on any atom is 0.259 e. The lowest BCUT2D eigenvalue weighted by Crippen LogP contribution is -2.53. The van der Waals surface area contributed by atoms with Gasteiger partial charge in [-0.15, -0.1) is 0 Å². The SMILES string of the molecule is CC1(C)CCCCN1S(=O)(=O)Cc1cccc(NCCNCCCc2ccc3c4c(cccc24)C(=O)N3C2CCC(=O)NC2=O)c1. The fourth-order valence-corrected chi connectivity index (χ4v) is 9.17. The number of imide groups is 1. The number of carbonyl (C=O) groups is 3. The molecule has 1 atom stereocenters. The Balaban J connectivity index is 0.992. The number of hydrogen-bond acceptors (Lipinski definition) is 7. The fraction of sp³-hybridized carbons (Fsp3) is 0.457. The Morgan fingerprint density at radius 2 is 1.80 bits per heavy atom. The average Bonchev–Trinajstić information content (AvgIpc) is 3.29. The number of rotatable bonds is 12. The molecule has 0 radical (unpaired) electrons. The largest absolute Gasteiger partial charge is 0.384 e. The second-order valence-corrected chi connectivity index (χ2v) is 15.1. The first-order valence-electron chi connectivity index (χ1n) is 16.3. The fourth-order valence-electron chi connectivity index (χ4n) is 7.16. The number of carbonyl (C=O) groups excluding carboxylic acids is 3. The summed E-state index contributed by atoms with van der Waals surface area (Å²) in [5.41, 5.74) is 3.83. The minimum absolute atomic E-state index is 0.00443. The molecule has 10 nitrogen and oxygen atoms in total. The number of aryl methyl sites for hydroxylation is 1. The highest BCUT2D eigenvalue weighted by molar-refractivity contribution is 7.88. The number of nitrogens with zero attached hydrogens (tertiary/aromatic N) is 2. The number of amides is 3. The van der Waals surface area contributed by atoms with E-state index in [0.29, 0.717) is 25.1 Å². The highest BCUT2D eigenvalue weighted by atomic mass is 32.2.